The Hall–Kier alpha value is -2.26. The summed E-state index contributed by atoms with van der Waals surface area (Å²) in [5, 5.41) is 10.1. The van der Waals surface area contributed by atoms with Gasteiger partial charge in [-0.3, -0.25) is 9.89 Å². The number of aromatic nitrogens is 2. The van der Waals surface area contributed by atoms with Gasteiger partial charge in [-0.1, -0.05) is 6.07 Å². The van der Waals surface area contributed by atoms with Crippen LogP contribution in [-0.2, 0) is 14.8 Å². The third kappa shape index (κ3) is 4.84. The van der Waals surface area contributed by atoms with Crippen LogP contribution in [0.4, 0.5) is 4.39 Å². The number of benzene rings is 1. The molecule has 158 valence electrons. The zero-order chi connectivity index (χ0) is 21.2. The molecule has 1 saturated heterocycles. The molecule has 2 heterocycles. The third-order valence-electron chi connectivity index (χ3n) is 5.48. The number of aromatic amines is 1. The van der Waals surface area contributed by atoms with E-state index >= 15 is 0 Å². The van der Waals surface area contributed by atoms with Crippen LogP contribution in [-0.4, -0.2) is 41.9 Å². The maximum Gasteiger partial charge on any atom is 0.243 e. The van der Waals surface area contributed by atoms with E-state index in [1.165, 1.54) is 22.5 Å². The minimum Gasteiger partial charge on any atom is -0.349 e. The molecule has 1 aliphatic heterocycles. The summed E-state index contributed by atoms with van der Waals surface area (Å²) in [4.78, 5) is 12.4. The summed E-state index contributed by atoms with van der Waals surface area (Å²) in [6.07, 6.45) is 1.55. The molecule has 1 atom stereocenters. The van der Waals surface area contributed by atoms with Crippen LogP contribution in [0, 0.1) is 25.6 Å². The van der Waals surface area contributed by atoms with Gasteiger partial charge in [-0.2, -0.15) is 9.40 Å². The van der Waals surface area contributed by atoms with Crippen molar-refractivity contribution >= 4 is 15.9 Å². The molecule has 3 rings (SSSR count). The molecule has 2 N–H and O–H groups in total. The van der Waals surface area contributed by atoms with Gasteiger partial charge in [0, 0.05) is 30.8 Å². The van der Waals surface area contributed by atoms with Crippen LogP contribution in [0.15, 0.2) is 29.2 Å². The van der Waals surface area contributed by atoms with Crippen LogP contribution in [0.2, 0.25) is 0 Å². The summed E-state index contributed by atoms with van der Waals surface area (Å²) < 4.78 is 40.1. The molecular weight excluding hydrogens is 395 g/mol. The van der Waals surface area contributed by atoms with Crippen molar-refractivity contribution in [3.05, 3.63) is 47.0 Å². The van der Waals surface area contributed by atoms with E-state index in [0.29, 0.717) is 32.4 Å². The number of piperidine rings is 1. The van der Waals surface area contributed by atoms with Crippen molar-refractivity contribution in [1.82, 2.24) is 19.8 Å². The molecule has 2 aromatic rings. The number of amides is 1. The number of hydrogen-bond donors (Lipinski definition) is 2. The van der Waals surface area contributed by atoms with Gasteiger partial charge < -0.3 is 5.32 Å². The first-order chi connectivity index (χ1) is 13.7. The summed E-state index contributed by atoms with van der Waals surface area (Å²) >= 11 is 0. The molecular formula is C20H27FN4O3S. The van der Waals surface area contributed by atoms with E-state index in [1.807, 2.05) is 20.8 Å². The van der Waals surface area contributed by atoms with Crippen LogP contribution >= 0.6 is 0 Å². The quantitative estimate of drug-likeness (QED) is 0.748. The van der Waals surface area contributed by atoms with Crippen LogP contribution in [0.5, 0.6) is 0 Å². The van der Waals surface area contributed by atoms with E-state index in [0.717, 1.165) is 23.0 Å². The van der Waals surface area contributed by atoms with E-state index in [9.17, 15) is 17.6 Å². The Labute approximate surface area is 170 Å². The van der Waals surface area contributed by atoms with E-state index < -0.39 is 15.8 Å². The normalized spacial score (nSPS) is 17.2. The Balaban J connectivity index is 1.54. The van der Waals surface area contributed by atoms with Crippen LogP contribution < -0.4 is 5.32 Å². The molecule has 9 heteroatoms. The second-order valence-corrected chi connectivity index (χ2v) is 9.58. The number of carbonyl (C=O) groups excluding carboxylic acids is 1. The second-order valence-electron chi connectivity index (χ2n) is 7.65. The van der Waals surface area contributed by atoms with E-state index in [2.05, 4.69) is 15.5 Å². The fourth-order valence-corrected chi connectivity index (χ4v) is 5.46. The highest BCUT2D eigenvalue weighted by Gasteiger charge is 2.30. The number of nitrogens with one attached hydrogen (secondary N) is 2. The molecule has 0 saturated carbocycles. The summed E-state index contributed by atoms with van der Waals surface area (Å²) in [6.45, 7) is 6.40. The van der Waals surface area contributed by atoms with Crippen molar-refractivity contribution < 1.29 is 17.6 Å². The van der Waals surface area contributed by atoms with Gasteiger partial charge in [0.05, 0.1) is 16.6 Å². The zero-order valence-corrected chi connectivity index (χ0v) is 17.7. The monoisotopic (exact) mass is 422 g/mol. The Kier molecular flexibility index (Phi) is 6.38. The number of nitrogens with zero attached hydrogens (tertiary/aromatic N) is 2. The predicted molar refractivity (Wildman–Crippen MR) is 107 cm³/mol. The van der Waals surface area contributed by atoms with Gasteiger partial charge >= 0.3 is 0 Å². The Morgan fingerprint density at radius 1 is 1.34 bits per heavy atom. The molecule has 1 aliphatic rings. The number of halogens is 1. The van der Waals surface area contributed by atoms with Gasteiger partial charge in [0.25, 0.3) is 0 Å². The fourth-order valence-electron chi connectivity index (χ4n) is 3.96. The highest BCUT2D eigenvalue weighted by molar-refractivity contribution is 7.89. The maximum atomic E-state index is 13.4. The van der Waals surface area contributed by atoms with Crippen LogP contribution in [0.3, 0.4) is 0 Å². The number of aryl methyl sites for hydroxylation is 2. The van der Waals surface area contributed by atoms with Crippen molar-refractivity contribution in [1.29, 1.82) is 0 Å². The van der Waals surface area contributed by atoms with Crippen molar-refractivity contribution in [2.24, 2.45) is 5.92 Å². The molecule has 29 heavy (non-hydrogen) atoms. The van der Waals surface area contributed by atoms with Gasteiger partial charge in [0.2, 0.25) is 15.9 Å². The van der Waals surface area contributed by atoms with Crippen molar-refractivity contribution in [2.75, 3.05) is 13.1 Å². The van der Waals surface area contributed by atoms with Crippen molar-refractivity contribution in [2.45, 2.75) is 51.0 Å². The lowest BCUT2D eigenvalue weighted by Gasteiger charge is -2.31. The first kappa shape index (κ1) is 21.4. The number of H-pyrrole nitrogens is 1. The zero-order valence-electron chi connectivity index (χ0n) is 16.9. The number of rotatable bonds is 6. The summed E-state index contributed by atoms with van der Waals surface area (Å²) in [7, 11) is -3.71. The summed E-state index contributed by atoms with van der Waals surface area (Å²) in [5.41, 5.74) is 2.80. The average molecular weight is 423 g/mol. The average Bonchev–Trinajstić information content (AvgIpc) is 3.00. The molecule has 0 aliphatic carbocycles. The maximum absolute atomic E-state index is 13.4. The molecule has 1 amide bonds. The minimum absolute atomic E-state index is 0.0339. The van der Waals surface area contributed by atoms with E-state index in [-0.39, 0.29) is 22.8 Å². The first-order valence-corrected chi connectivity index (χ1v) is 11.2. The fraction of sp³-hybridized carbons (Fsp3) is 0.500. The highest BCUT2D eigenvalue weighted by atomic mass is 32.2. The molecule has 0 spiro atoms. The predicted octanol–water partition coefficient (Wildman–Crippen LogP) is 2.83. The van der Waals surface area contributed by atoms with Gasteiger partial charge in [-0.05, 0) is 57.7 Å². The lowest BCUT2D eigenvalue weighted by Crippen LogP contribution is -2.39. The molecule has 0 radical (unpaired) electrons. The molecule has 1 aromatic heterocycles. The van der Waals surface area contributed by atoms with Gasteiger partial charge in [0.15, 0.2) is 0 Å². The Morgan fingerprint density at radius 3 is 2.62 bits per heavy atom. The van der Waals surface area contributed by atoms with Gasteiger partial charge in [0.1, 0.15) is 5.82 Å². The molecule has 1 fully saturated rings. The van der Waals surface area contributed by atoms with Crippen LogP contribution in [0.1, 0.15) is 49.2 Å². The lowest BCUT2D eigenvalue weighted by molar-refractivity contribution is -0.122. The second kappa shape index (κ2) is 8.62. The third-order valence-corrected chi connectivity index (χ3v) is 7.37. The first-order valence-electron chi connectivity index (χ1n) is 9.75. The highest BCUT2D eigenvalue weighted by Crippen LogP contribution is 2.26. The standard InChI is InChI=1S/C20H27FN4O3S/c1-13(20-14(2)23-24-15(20)3)22-19(26)11-16-7-9-25(10-8-16)29(27,28)18-6-4-5-17(21)12-18/h4-6,12-13,16H,7-11H2,1-3H3,(H,22,26)(H,23,24). The molecule has 0 bridgehead atoms. The summed E-state index contributed by atoms with van der Waals surface area (Å²) in [6, 6.07) is 4.91. The smallest absolute Gasteiger partial charge is 0.243 e. The number of sulfonamides is 1. The van der Waals surface area contributed by atoms with Crippen molar-refractivity contribution in [3.8, 4) is 0 Å². The Morgan fingerprint density at radius 2 is 2.03 bits per heavy atom. The van der Waals surface area contributed by atoms with Gasteiger partial charge in [-0.25, -0.2) is 12.8 Å². The SMILES string of the molecule is Cc1n[nH]c(C)c1C(C)NC(=O)CC1CCN(S(=O)(=O)c2cccc(F)c2)CC1. The molecule has 1 aromatic carbocycles. The largest absolute Gasteiger partial charge is 0.349 e. The number of carbonyl (C=O) groups is 1. The van der Waals surface area contributed by atoms with Gasteiger partial charge in [-0.15, -0.1) is 0 Å². The van der Waals surface area contributed by atoms with E-state index in [4.69, 9.17) is 0 Å². The van der Waals surface area contributed by atoms with Crippen molar-refractivity contribution in [3.63, 3.8) is 0 Å². The molecule has 1 unspecified atom stereocenters. The van der Waals surface area contributed by atoms with Crippen LogP contribution in [0.25, 0.3) is 0 Å². The van der Waals surface area contributed by atoms with E-state index in [1.54, 1.807) is 0 Å². The lowest BCUT2D eigenvalue weighted by atomic mass is 9.94. The Bertz CT molecular complexity index is 962. The number of hydrogen-bond acceptors (Lipinski definition) is 4. The molecule has 7 nitrogen and oxygen atoms in total. The minimum atomic E-state index is -3.71. The summed E-state index contributed by atoms with van der Waals surface area (Å²) in [5.74, 6) is -0.508. The topological polar surface area (TPSA) is 95.2 Å².